The Morgan fingerprint density at radius 3 is 2.89 bits per heavy atom. The molecule has 0 saturated carbocycles. The predicted molar refractivity (Wildman–Crippen MR) is 76.1 cm³/mol. The molecule has 0 saturated heterocycles. The van der Waals surface area contributed by atoms with Gasteiger partial charge in [-0.15, -0.1) is 11.3 Å². The Morgan fingerprint density at radius 2 is 2.28 bits per heavy atom. The molecule has 2 heterocycles. The van der Waals surface area contributed by atoms with E-state index in [0.717, 1.165) is 30.1 Å². The number of pyridine rings is 1. The molecular weight excluding hydrogens is 266 g/mol. The number of nitrogens with zero attached hydrogens (tertiary/aromatic N) is 2. The van der Waals surface area contributed by atoms with Gasteiger partial charge >= 0.3 is 0 Å². The number of nitrogens with one attached hydrogen (secondary N) is 1. The van der Waals surface area contributed by atoms with E-state index in [1.807, 2.05) is 23.7 Å². The zero-order valence-corrected chi connectivity index (χ0v) is 11.8. The SMILES string of the molecule is CCCNC(Cc1nccs1)c1ccc(Cl)cn1. The van der Waals surface area contributed by atoms with Gasteiger partial charge in [0, 0.05) is 24.2 Å². The van der Waals surface area contributed by atoms with Gasteiger partial charge in [0.25, 0.3) is 0 Å². The summed E-state index contributed by atoms with van der Waals surface area (Å²) in [5.41, 5.74) is 1.02. The fraction of sp³-hybridized carbons (Fsp3) is 0.385. The molecule has 2 rings (SSSR count). The van der Waals surface area contributed by atoms with Crippen LogP contribution in [0.4, 0.5) is 0 Å². The molecule has 1 N–H and O–H groups in total. The lowest BCUT2D eigenvalue weighted by Crippen LogP contribution is -2.24. The molecule has 0 spiro atoms. The monoisotopic (exact) mass is 281 g/mol. The van der Waals surface area contributed by atoms with Crippen LogP contribution in [-0.2, 0) is 6.42 Å². The fourth-order valence-corrected chi connectivity index (χ4v) is 2.50. The topological polar surface area (TPSA) is 37.8 Å². The van der Waals surface area contributed by atoms with Crippen molar-refractivity contribution in [2.45, 2.75) is 25.8 Å². The molecule has 2 aromatic rings. The molecule has 5 heteroatoms. The number of rotatable bonds is 6. The third kappa shape index (κ3) is 3.77. The molecule has 0 fully saturated rings. The van der Waals surface area contributed by atoms with Crippen LogP contribution < -0.4 is 5.32 Å². The molecule has 0 aliphatic carbocycles. The van der Waals surface area contributed by atoms with Crippen LogP contribution in [0.25, 0.3) is 0 Å². The first-order valence-corrected chi connectivity index (χ1v) is 7.28. The second-order valence-corrected chi connectivity index (χ2v) is 5.45. The van der Waals surface area contributed by atoms with Gasteiger partial charge in [0.15, 0.2) is 0 Å². The summed E-state index contributed by atoms with van der Waals surface area (Å²) in [4.78, 5) is 8.73. The lowest BCUT2D eigenvalue weighted by Gasteiger charge is -2.16. The van der Waals surface area contributed by atoms with Crippen LogP contribution in [0.2, 0.25) is 5.02 Å². The van der Waals surface area contributed by atoms with Gasteiger partial charge in [-0.2, -0.15) is 0 Å². The maximum atomic E-state index is 5.87. The van der Waals surface area contributed by atoms with Crippen LogP contribution >= 0.6 is 22.9 Å². The van der Waals surface area contributed by atoms with E-state index >= 15 is 0 Å². The van der Waals surface area contributed by atoms with Crippen molar-refractivity contribution in [1.82, 2.24) is 15.3 Å². The van der Waals surface area contributed by atoms with Gasteiger partial charge in [0.2, 0.25) is 0 Å². The summed E-state index contributed by atoms with van der Waals surface area (Å²) in [5.74, 6) is 0. The quantitative estimate of drug-likeness (QED) is 0.881. The first kappa shape index (κ1) is 13.5. The molecule has 0 amide bonds. The molecule has 2 aromatic heterocycles. The van der Waals surface area contributed by atoms with Crippen molar-refractivity contribution >= 4 is 22.9 Å². The third-order valence-corrected chi connectivity index (χ3v) is 3.64. The number of hydrogen-bond acceptors (Lipinski definition) is 4. The molecule has 18 heavy (non-hydrogen) atoms. The molecule has 0 aliphatic rings. The average molecular weight is 282 g/mol. The first-order chi connectivity index (χ1) is 8.79. The van der Waals surface area contributed by atoms with E-state index in [2.05, 4.69) is 22.2 Å². The summed E-state index contributed by atoms with van der Waals surface area (Å²) in [6.45, 7) is 3.13. The average Bonchev–Trinajstić information content (AvgIpc) is 2.88. The molecule has 3 nitrogen and oxygen atoms in total. The van der Waals surface area contributed by atoms with E-state index in [1.54, 1.807) is 17.5 Å². The van der Waals surface area contributed by atoms with E-state index in [-0.39, 0.29) is 6.04 Å². The number of aromatic nitrogens is 2. The van der Waals surface area contributed by atoms with E-state index < -0.39 is 0 Å². The van der Waals surface area contributed by atoms with E-state index in [0.29, 0.717) is 5.02 Å². The summed E-state index contributed by atoms with van der Waals surface area (Å²) in [6.07, 6.45) is 5.50. The maximum Gasteiger partial charge on any atom is 0.0944 e. The van der Waals surface area contributed by atoms with E-state index in [1.165, 1.54) is 0 Å². The Bertz CT molecular complexity index is 456. The van der Waals surface area contributed by atoms with Gasteiger partial charge in [-0.3, -0.25) is 4.98 Å². The highest BCUT2D eigenvalue weighted by Gasteiger charge is 2.14. The van der Waals surface area contributed by atoms with E-state index in [4.69, 9.17) is 11.6 Å². The standard InChI is InChI=1S/C13H16ClN3S/c1-2-5-15-12(8-13-16-6-7-18-13)11-4-3-10(14)9-17-11/h3-4,6-7,9,12,15H,2,5,8H2,1H3. The predicted octanol–water partition coefficient (Wildman–Crippen LogP) is 3.47. The molecule has 0 aromatic carbocycles. The van der Waals surface area contributed by atoms with Crippen molar-refractivity contribution in [3.8, 4) is 0 Å². The molecule has 0 bridgehead atoms. The normalized spacial score (nSPS) is 12.6. The molecule has 1 atom stereocenters. The van der Waals surface area contributed by atoms with Crippen molar-refractivity contribution < 1.29 is 0 Å². The second kappa shape index (κ2) is 6.83. The van der Waals surface area contributed by atoms with Gasteiger partial charge < -0.3 is 5.32 Å². The zero-order valence-electron chi connectivity index (χ0n) is 10.3. The Balaban J connectivity index is 2.11. The number of thiazole rings is 1. The lowest BCUT2D eigenvalue weighted by molar-refractivity contribution is 0.517. The summed E-state index contributed by atoms with van der Waals surface area (Å²) >= 11 is 7.55. The molecule has 1 unspecified atom stereocenters. The smallest absolute Gasteiger partial charge is 0.0944 e. The van der Waals surface area contributed by atoms with Gasteiger partial charge in [-0.25, -0.2) is 4.98 Å². The first-order valence-electron chi connectivity index (χ1n) is 6.02. The van der Waals surface area contributed by atoms with Gasteiger partial charge in [0.05, 0.1) is 21.8 Å². The minimum atomic E-state index is 0.202. The molecular formula is C13H16ClN3S. The fourth-order valence-electron chi connectivity index (χ4n) is 1.72. The Morgan fingerprint density at radius 1 is 1.39 bits per heavy atom. The van der Waals surface area contributed by atoms with Gasteiger partial charge in [-0.05, 0) is 25.1 Å². The maximum absolute atomic E-state index is 5.87. The highest BCUT2D eigenvalue weighted by molar-refractivity contribution is 7.09. The summed E-state index contributed by atoms with van der Waals surface area (Å²) in [6, 6.07) is 4.06. The highest BCUT2D eigenvalue weighted by Crippen LogP contribution is 2.19. The third-order valence-electron chi connectivity index (χ3n) is 2.61. The van der Waals surface area contributed by atoms with Crippen molar-refractivity contribution in [3.05, 3.63) is 45.6 Å². The van der Waals surface area contributed by atoms with Crippen molar-refractivity contribution in [2.75, 3.05) is 6.54 Å². The van der Waals surface area contributed by atoms with Crippen LogP contribution in [-0.4, -0.2) is 16.5 Å². The summed E-state index contributed by atoms with van der Waals surface area (Å²) < 4.78 is 0. The summed E-state index contributed by atoms with van der Waals surface area (Å²) in [5, 5.41) is 7.30. The van der Waals surface area contributed by atoms with Crippen LogP contribution in [0.3, 0.4) is 0 Å². The van der Waals surface area contributed by atoms with Crippen LogP contribution in [0.5, 0.6) is 0 Å². The Labute approximate surface area is 116 Å². The molecule has 96 valence electrons. The Hall–Kier alpha value is -0.970. The number of hydrogen-bond donors (Lipinski definition) is 1. The minimum absolute atomic E-state index is 0.202. The van der Waals surface area contributed by atoms with Crippen molar-refractivity contribution in [3.63, 3.8) is 0 Å². The van der Waals surface area contributed by atoms with Crippen molar-refractivity contribution in [1.29, 1.82) is 0 Å². The minimum Gasteiger partial charge on any atom is -0.308 e. The van der Waals surface area contributed by atoms with Gasteiger partial charge in [0.1, 0.15) is 0 Å². The summed E-state index contributed by atoms with van der Waals surface area (Å²) in [7, 11) is 0. The van der Waals surface area contributed by atoms with Crippen molar-refractivity contribution in [2.24, 2.45) is 0 Å². The van der Waals surface area contributed by atoms with Crippen LogP contribution in [0.15, 0.2) is 29.9 Å². The van der Waals surface area contributed by atoms with Crippen LogP contribution in [0.1, 0.15) is 30.1 Å². The Kier molecular flexibility index (Phi) is 5.11. The molecule has 0 aliphatic heterocycles. The highest BCUT2D eigenvalue weighted by atomic mass is 35.5. The van der Waals surface area contributed by atoms with E-state index in [9.17, 15) is 0 Å². The number of halogens is 1. The second-order valence-electron chi connectivity index (χ2n) is 4.04. The zero-order chi connectivity index (χ0) is 12.8. The van der Waals surface area contributed by atoms with Gasteiger partial charge in [-0.1, -0.05) is 18.5 Å². The lowest BCUT2D eigenvalue weighted by atomic mass is 10.1. The van der Waals surface area contributed by atoms with Crippen LogP contribution in [0, 0.1) is 0 Å². The largest absolute Gasteiger partial charge is 0.308 e. The molecule has 0 radical (unpaired) electrons.